The van der Waals surface area contributed by atoms with E-state index in [9.17, 15) is 9.46 Å². The van der Waals surface area contributed by atoms with Crippen LogP contribution in [-0.2, 0) is 9.09 Å². The first-order chi connectivity index (χ1) is 4.93. The first kappa shape index (κ1) is 11.2. The summed E-state index contributed by atoms with van der Waals surface area (Å²) in [5.74, 6) is 0. The molecule has 0 spiro atoms. The predicted molar refractivity (Wildman–Crippen MR) is 45.8 cm³/mol. The number of hydrogen-bond donors (Lipinski definition) is 1. The van der Waals surface area contributed by atoms with Crippen molar-refractivity contribution < 1.29 is 14.0 Å². The third-order valence-electron chi connectivity index (χ3n) is 2.45. The minimum absolute atomic E-state index is 0.582. The maximum absolute atomic E-state index is 11.4. The second kappa shape index (κ2) is 3.70. The van der Waals surface area contributed by atoms with E-state index in [2.05, 4.69) is 4.52 Å². The van der Waals surface area contributed by atoms with Crippen molar-refractivity contribution in [3.8, 4) is 0 Å². The molecule has 0 aromatic rings. The molecule has 0 aliphatic heterocycles. The highest BCUT2D eigenvalue weighted by atomic mass is 31.2. The Bertz CT molecular complexity index is 163. The largest absolute Gasteiger partial charge is 0.333 e. The van der Waals surface area contributed by atoms with Gasteiger partial charge in [-0.1, -0.05) is 13.8 Å². The van der Waals surface area contributed by atoms with Crippen LogP contribution in [0.2, 0.25) is 0 Å². The molecular formula is C7H17O3P. The van der Waals surface area contributed by atoms with E-state index < -0.39 is 12.8 Å². The van der Waals surface area contributed by atoms with E-state index in [0.29, 0.717) is 12.8 Å². The molecule has 0 bridgehead atoms. The monoisotopic (exact) mass is 180 g/mol. The smallest absolute Gasteiger partial charge is 0.324 e. The maximum Gasteiger partial charge on any atom is 0.333 e. The molecule has 4 heteroatoms. The van der Waals surface area contributed by atoms with Gasteiger partial charge in [0.2, 0.25) is 0 Å². The molecule has 0 amide bonds. The summed E-state index contributed by atoms with van der Waals surface area (Å²) in [5, 5.41) is -0.582. The second-order valence-electron chi connectivity index (χ2n) is 2.91. The van der Waals surface area contributed by atoms with Gasteiger partial charge in [-0.25, -0.2) is 0 Å². The Hall–Kier alpha value is 0.150. The van der Waals surface area contributed by atoms with E-state index in [0.717, 1.165) is 0 Å². The lowest BCUT2D eigenvalue weighted by Gasteiger charge is -2.29. The SMILES string of the molecule is CCC(C)(CC)P(=O)(O)OC. The summed E-state index contributed by atoms with van der Waals surface area (Å²) >= 11 is 0. The first-order valence-electron chi connectivity index (χ1n) is 3.82. The van der Waals surface area contributed by atoms with Gasteiger partial charge in [0.1, 0.15) is 0 Å². The molecule has 68 valence electrons. The van der Waals surface area contributed by atoms with Crippen molar-refractivity contribution in [3.05, 3.63) is 0 Å². The number of hydrogen-bond acceptors (Lipinski definition) is 2. The Morgan fingerprint density at radius 1 is 1.45 bits per heavy atom. The van der Waals surface area contributed by atoms with Gasteiger partial charge in [-0.05, 0) is 19.8 Å². The summed E-state index contributed by atoms with van der Waals surface area (Å²) in [5.41, 5.74) is 0. The molecule has 0 saturated heterocycles. The van der Waals surface area contributed by atoms with Gasteiger partial charge in [-0.3, -0.25) is 4.57 Å². The Morgan fingerprint density at radius 2 is 1.82 bits per heavy atom. The van der Waals surface area contributed by atoms with Crippen LogP contribution < -0.4 is 0 Å². The van der Waals surface area contributed by atoms with Crippen LogP contribution in [-0.4, -0.2) is 17.2 Å². The fourth-order valence-electron chi connectivity index (χ4n) is 0.870. The minimum atomic E-state index is -3.40. The van der Waals surface area contributed by atoms with Crippen LogP contribution in [0.5, 0.6) is 0 Å². The van der Waals surface area contributed by atoms with Crippen molar-refractivity contribution in [1.29, 1.82) is 0 Å². The average molecular weight is 180 g/mol. The molecule has 1 unspecified atom stereocenters. The standard InChI is InChI=1S/C7H17O3P/c1-5-7(3,6-2)11(8,9)10-4/h5-6H2,1-4H3,(H,8,9). The van der Waals surface area contributed by atoms with Crippen LogP contribution in [0.15, 0.2) is 0 Å². The summed E-state index contributed by atoms with van der Waals surface area (Å²) in [6, 6.07) is 0. The fourth-order valence-corrected chi connectivity index (χ4v) is 2.11. The van der Waals surface area contributed by atoms with E-state index in [4.69, 9.17) is 0 Å². The quantitative estimate of drug-likeness (QED) is 0.675. The lowest BCUT2D eigenvalue weighted by molar-refractivity contribution is 0.277. The van der Waals surface area contributed by atoms with Gasteiger partial charge >= 0.3 is 7.60 Å². The molecule has 1 N–H and O–H groups in total. The van der Waals surface area contributed by atoms with E-state index >= 15 is 0 Å². The highest BCUT2D eigenvalue weighted by molar-refractivity contribution is 7.54. The second-order valence-corrected chi connectivity index (χ2v) is 5.39. The molecule has 11 heavy (non-hydrogen) atoms. The van der Waals surface area contributed by atoms with Crippen molar-refractivity contribution in [1.82, 2.24) is 0 Å². The third-order valence-corrected chi connectivity index (χ3v) is 4.94. The fraction of sp³-hybridized carbons (Fsp3) is 1.00. The van der Waals surface area contributed by atoms with Crippen LogP contribution in [0.3, 0.4) is 0 Å². The molecule has 3 nitrogen and oxygen atoms in total. The van der Waals surface area contributed by atoms with Gasteiger partial charge in [0, 0.05) is 7.11 Å². The van der Waals surface area contributed by atoms with Crippen molar-refractivity contribution in [2.45, 2.75) is 38.8 Å². The van der Waals surface area contributed by atoms with Gasteiger partial charge in [0.05, 0.1) is 5.16 Å². The van der Waals surface area contributed by atoms with E-state index in [1.54, 1.807) is 6.92 Å². The van der Waals surface area contributed by atoms with Gasteiger partial charge < -0.3 is 9.42 Å². The topological polar surface area (TPSA) is 46.5 Å². The molecule has 0 radical (unpaired) electrons. The Kier molecular flexibility index (Phi) is 3.75. The van der Waals surface area contributed by atoms with Crippen LogP contribution >= 0.6 is 7.60 Å². The summed E-state index contributed by atoms with van der Waals surface area (Å²) in [4.78, 5) is 9.38. The van der Waals surface area contributed by atoms with E-state index in [1.807, 2.05) is 13.8 Å². The number of rotatable bonds is 4. The third kappa shape index (κ3) is 2.05. The van der Waals surface area contributed by atoms with Crippen LogP contribution in [0.1, 0.15) is 33.6 Å². The molecule has 0 heterocycles. The van der Waals surface area contributed by atoms with Crippen LogP contribution in [0.4, 0.5) is 0 Å². The Morgan fingerprint density at radius 3 is 1.91 bits per heavy atom. The zero-order valence-corrected chi connectivity index (χ0v) is 8.52. The summed E-state index contributed by atoms with van der Waals surface area (Å²) < 4.78 is 16.0. The van der Waals surface area contributed by atoms with Crippen molar-refractivity contribution in [2.75, 3.05) is 7.11 Å². The molecule has 0 aromatic carbocycles. The van der Waals surface area contributed by atoms with E-state index in [-0.39, 0.29) is 0 Å². The molecule has 0 fully saturated rings. The summed E-state index contributed by atoms with van der Waals surface area (Å²) in [6.07, 6.45) is 1.32. The lowest BCUT2D eigenvalue weighted by atomic mass is 10.1. The van der Waals surface area contributed by atoms with Gasteiger partial charge in [-0.2, -0.15) is 0 Å². The molecule has 0 aliphatic rings. The van der Waals surface area contributed by atoms with Gasteiger partial charge in [0.15, 0.2) is 0 Å². The maximum atomic E-state index is 11.4. The van der Waals surface area contributed by atoms with Crippen molar-refractivity contribution >= 4 is 7.60 Å². The highest BCUT2D eigenvalue weighted by Gasteiger charge is 2.40. The lowest BCUT2D eigenvalue weighted by Crippen LogP contribution is -2.23. The van der Waals surface area contributed by atoms with Crippen molar-refractivity contribution in [2.24, 2.45) is 0 Å². The molecule has 1 atom stereocenters. The first-order valence-corrected chi connectivity index (χ1v) is 5.40. The summed E-state index contributed by atoms with van der Waals surface area (Å²) in [6.45, 7) is 5.56. The Labute approximate surface area is 68.3 Å². The normalized spacial score (nSPS) is 17.9. The van der Waals surface area contributed by atoms with Gasteiger partial charge in [-0.15, -0.1) is 0 Å². The zero-order chi connectivity index (χ0) is 9.12. The molecule has 0 aliphatic carbocycles. The zero-order valence-electron chi connectivity index (χ0n) is 7.63. The average Bonchev–Trinajstić information content (AvgIpc) is 2.02. The van der Waals surface area contributed by atoms with Crippen LogP contribution in [0, 0.1) is 0 Å². The van der Waals surface area contributed by atoms with Crippen molar-refractivity contribution in [3.63, 3.8) is 0 Å². The van der Waals surface area contributed by atoms with Gasteiger partial charge in [0.25, 0.3) is 0 Å². The predicted octanol–water partition coefficient (Wildman–Crippen LogP) is 2.40. The molecular weight excluding hydrogens is 163 g/mol. The molecule has 0 rings (SSSR count). The molecule has 0 saturated carbocycles. The summed E-state index contributed by atoms with van der Waals surface area (Å²) in [7, 11) is -2.11. The minimum Gasteiger partial charge on any atom is -0.324 e. The Balaban J connectivity index is 4.62. The molecule has 0 aromatic heterocycles. The van der Waals surface area contributed by atoms with E-state index in [1.165, 1.54) is 7.11 Å². The highest BCUT2D eigenvalue weighted by Crippen LogP contribution is 2.57. The van der Waals surface area contributed by atoms with Crippen LogP contribution in [0.25, 0.3) is 0 Å².